The van der Waals surface area contributed by atoms with Crippen molar-refractivity contribution in [2.45, 2.75) is 117 Å². The molecule has 0 aromatic carbocycles. The number of carbonyl (C=O) groups excluding carboxylic acids is 1. The van der Waals surface area contributed by atoms with Gasteiger partial charge in [0.15, 0.2) is 0 Å². The Morgan fingerprint density at radius 1 is 0.943 bits per heavy atom. The maximum atomic E-state index is 13.6. The van der Waals surface area contributed by atoms with E-state index in [0.29, 0.717) is 36.5 Å². The van der Waals surface area contributed by atoms with Crippen LogP contribution in [0.5, 0.6) is 0 Å². The zero-order chi connectivity index (χ0) is 25.4. The summed E-state index contributed by atoms with van der Waals surface area (Å²) in [7, 11) is 0. The summed E-state index contributed by atoms with van der Waals surface area (Å²) in [4.78, 5) is 11.8. The molecule has 1 aliphatic heterocycles. The Hall–Kier alpha value is -0.820. The van der Waals surface area contributed by atoms with Crippen molar-refractivity contribution in [1.29, 1.82) is 0 Å². The van der Waals surface area contributed by atoms with E-state index in [1.807, 2.05) is 0 Å². The summed E-state index contributed by atoms with van der Waals surface area (Å²) in [6.07, 6.45) is 1.69. The highest BCUT2D eigenvalue weighted by atomic mass is 19.4. The van der Waals surface area contributed by atoms with Gasteiger partial charge < -0.3 is 14.6 Å². The molecule has 5 aliphatic carbocycles. The lowest BCUT2D eigenvalue weighted by Gasteiger charge is -2.59. The second-order valence-electron chi connectivity index (χ2n) is 13.9. The number of aliphatic hydroxyl groups is 1. The minimum absolute atomic E-state index is 0.0195. The van der Waals surface area contributed by atoms with Gasteiger partial charge in [-0.1, -0.05) is 27.7 Å². The molecule has 6 rings (SSSR count). The van der Waals surface area contributed by atoms with E-state index >= 15 is 0 Å². The maximum Gasteiger partial charge on any atom is 0.443 e. The molecule has 6 fully saturated rings. The van der Waals surface area contributed by atoms with Crippen LogP contribution >= 0.6 is 0 Å². The molecule has 11 unspecified atom stereocenters. The molecule has 0 aromatic rings. The molecule has 0 amide bonds. The Morgan fingerprint density at radius 2 is 1.66 bits per heavy atom. The molecule has 11 atom stereocenters. The molecule has 1 heterocycles. The number of hydrogen-bond acceptors (Lipinski definition) is 4. The van der Waals surface area contributed by atoms with E-state index < -0.39 is 18.1 Å². The van der Waals surface area contributed by atoms with Crippen LogP contribution in [0.1, 0.15) is 92.4 Å². The number of hydrogen-bond donors (Lipinski definition) is 1. The van der Waals surface area contributed by atoms with Gasteiger partial charge in [-0.3, -0.25) is 4.79 Å². The summed E-state index contributed by atoms with van der Waals surface area (Å²) < 4.78 is 52.2. The molecule has 1 saturated heterocycles. The Kier molecular flexibility index (Phi) is 4.89. The smallest absolute Gasteiger partial charge is 0.443 e. The third-order valence-corrected chi connectivity index (χ3v) is 13.0. The first-order valence-corrected chi connectivity index (χ1v) is 13.8. The van der Waals surface area contributed by atoms with Crippen molar-refractivity contribution < 1.29 is 32.5 Å². The number of carbonyl (C=O) groups is 1. The third-order valence-electron chi connectivity index (χ3n) is 13.0. The maximum absolute atomic E-state index is 13.6. The van der Waals surface area contributed by atoms with E-state index in [1.165, 1.54) is 6.92 Å². The van der Waals surface area contributed by atoms with E-state index in [9.17, 15) is 23.1 Å². The van der Waals surface area contributed by atoms with E-state index in [1.54, 1.807) is 0 Å². The van der Waals surface area contributed by atoms with E-state index in [2.05, 4.69) is 27.7 Å². The van der Waals surface area contributed by atoms with Crippen molar-refractivity contribution in [2.24, 2.45) is 51.2 Å². The summed E-state index contributed by atoms with van der Waals surface area (Å²) in [6, 6.07) is 0. The molecule has 0 aromatic heterocycles. The molecule has 6 aliphatic rings. The zero-order valence-electron chi connectivity index (χ0n) is 21.7. The van der Waals surface area contributed by atoms with Gasteiger partial charge in [-0.2, -0.15) is 13.2 Å². The third kappa shape index (κ3) is 2.76. The number of alkyl halides is 3. The van der Waals surface area contributed by atoms with Crippen molar-refractivity contribution in [3.8, 4) is 0 Å². The van der Waals surface area contributed by atoms with Crippen molar-refractivity contribution in [1.82, 2.24) is 0 Å². The van der Waals surface area contributed by atoms with Crippen LogP contribution in [0.3, 0.4) is 0 Å². The first-order chi connectivity index (χ1) is 16.2. The van der Waals surface area contributed by atoms with Gasteiger partial charge in [-0.25, -0.2) is 0 Å². The summed E-state index contributed by atoms with van der Waals surface area (Å²) in [6.45, 7) is 10.8. The van der Waals surface area contributed by atoms with Crippen molar-refractivity contribution in [3.05, 3.63) is 0 Å². The van der Waals surface area contributed by atoms with Crippen LogP contribution in [-0.2, 0) is 14.3 Å². The topological polar surface area (TPSA) is 55.8 Å². The Bertz CT molecular complexity index is 934. The SMILES string of the molecule is CC(=O)OC1CCC23C(CCC4C5CC6OC(O)(C(F)(F)F)CCC6C5(C)CCC42C3C)C1(C)C. The normalized spacial score (nSPS) is 56.1. The fourth-order valence-corrected chi connectivity index (χ4v) is 11.6. The highest BCUT2D eigenvalue weighted by Crippen LogP contribution is 2.89. The average Bonchev–Trinajstić information content (AvgIpc) is 3.13. The molecule has 198 valence electrons. The van der Waals surface area contributed by atoms with Crippen LogP contribution in [-0.4, -0.2) is 35.2 Å². The number of ether oxygens (including phenoxy) is 2. The Labute approximate surface area is 206 Å². The summed E-state index contributed by atoms with van der Waals surface area (Å²) >= 11 is 0. The highest BCUT2D eigenvalue weighted by Gasteiger charge is 2.85. The summed E-state index contributed by atoms with van der Waals surface area (Å²) in [5.41, 5.74) is 0.392. The van der Waals surface area contributed by atoms with Crippen LogP contribution in [0.25, 0.3) is 0 Å². The Morgan fingerprint density at radius 3 is 2.31 bits per heavy atom. The second-order valence-corrected chi connectivity index (χ2v) is 13.9. The van der Waals surface area contributed by atoms with Gasteiger partial charge in [0.2, 0.25) is 0 Å². The number of halogens is 3. The van der Waals surface area contributed by atoms with E-state index in [4.69, 9.17) is 9.47 Å². The number of rotatable bonds is 1. The minimum Gasteiger partial charge on any atom is -0.462 e. The fourth-order valence-electron chi connectivity index (χ4n) is 11.6. The lowest BCUT2D eigenvalue weighted by Crippen LogP contribution is -2.56. The lowest BCUT2D eigenvalue weighted by atomic mass is 9.46. The highest BCUT2D eigenvalue weighted by molar-refractivity contribution is 5.66. The quantitative estimate of drug-likeness (QED) is 0.434. The molecule has 1 N–H and O–H groups in total. The van der Waals surface area contributed by atoms with E-state index in [0.717, 1.165) is 38.5 Å². The van der Waals surface area contributed by atoms with Crippen LogP contribution in [0.4, 0.5) is 13.2 Å². The van der Waals surface area contributed by atoms with Crippen LogP contribution in [0, 0.1) is 51.2 Å². The molecule has 0 bridgehead atoms. The molecule has 0 radical (unpaired) electrons. The monoisotopic (exact) mass is 498 g/mol. The van der Waals surface area contributed by atoms with Crippen molar-refractivity contribution >= 4 is 5.97 Å². The van der Waals surface area contributed by atoms with Crippen molar-refractivity contribution in [2.75, 3.05) is 0 Å². The van der Waals surface area contributed by atoms with E-state index in [-0.39, 0.29) is 46.1 Å². The summed E-state index contributed by atoms with van der Waals surface area (Å²) in [5.74, 6) is -1.18. The standard InChI is InChI=1S/C28H41F3O4/c1-15-25-13-12-24(5)18-8-11-27(33,28(29,30)31)35-20(18)14-19(24)17(25)6-7-21-23(3,4)22(34-16(2)32)9-10-26(15,21)25/h15,17-22,33H,6-14H2,1-5H3. The van der Waals surface area contributed by atoms with Gasteiger partial charge in [-0.05, 0) is 97.2 Å². The predicted molar refractivity (Wildman–Crippen MR) is 123 cm³/mol. The molecular weight excluding hydrogens is 457 g/mol. The molecule has 35 heavy (non-hydrogen) atoms. The largest absolute Gasteiger partial charge is 0.462 e. The first-order valence-electron chi connectivity index (χ1n) is 13.8. The zero-order valence-corrected chi connectivity index (χ0v) is 21.7. The second kappa shape index (κ2) is 6.98. The molecule has 7 heteroatoms. The molecular formula is C28H41F3O4. The number of fused-ring (bicyclic) bond motifs is 4. The Balaban J connectivity index is 1.30. The number of esters is 1. The lowest BCUT2D eigenvalue weighted by molar-refractivity contribution is -0.395. The fraction of sp³-hybridized carbons (Fsp3) is 0.964. The molecule has 4 nitrogen and oxygen atoms in total. The first kappa shape index (κ1) is 24.5. The van der Waals surface area contributed by atoms with Gasteiger partial charge >= 0.3 is 12.1 Å². The van der Waals surface area contributed by atoms with Gasteiger partial charge in [0.05, 0.1) is 6.10 Å². The molecule has 5 saturated carbocycles. The van der Waals surface area contributed by atoms with Gasteiger partial charge in [0.1, 0.15) is 6.10 Å². The average molecular weight is 499 g/mol. The predicted octanol–water partition coefficient (Wildman–Crippen LogP) is 6.25. The van der Waals surface area contributed by atoms with Gasteiger partial charge in [-0.15, -0.1) is 0 Å². The van der Waals surface area contributed by atoms with Gasteiger partial charge in [0.25, 0.3) is 5.79 Å². The minimum atomic E-state index is -4.76. The van der Waals surface area contributed by atoms with Crippen LogP contribution in [0.15, 0.2) is 0 Å². The van der Waals surface area contributed by atoms with Crippen molar-refractivity contribution in [3.63, 3.8) is 0 Å². The van der Waals surface area contributed by atoms with Crippen LogP contribution in [0.2, 0.25) is 0 Å². The summed E-state index contributed by atoms with van der Waals surface area (Å²) in [5, 5.41) is 10.3. The van der Waals surface area contributed by atoms with Crippen LogP contribution < -0.4 is 0 Å². The van der Waals surface area contributed by atoms with Gasteiger partial charge in [0, 0.05) is 18.8 Å². The molecule has 2 spiro atoms.